The molecule has 0 atom stereocenters. The van der Waals surface area contributed by atoms with Crippen molar-refractivity contribution in [3.8, 4) is 39.1 Å². The molecule has 0 saturated carbocycles. The number of aryl methyl sites for hydroxylation is 4. The average Bonchev–Trinajstić information content (AvgIpc) is 3.36. The maximum Gasteiger partial charge on any atom is 0.0541 e. The van der Waals surface area contributed by atoms with Crippen molar-refractivity contribution in [3.05, 3.63) is 162 Å². The van der Waals surface area contributed by atoms with Crippen molar-refractivity contribution in [2.45, 2.75) is 27.7 Å². The third-order valence-electron chi connectivity index (χ3n) is 9.10. The number of hydrogen-bond acceptors (Lipinski definition) is 0. The quantitative estimate of drug-likeness (QED) is 0.196. The summed E-state index contributed by atoms with van der Waals surface area (Å²) in [6, 6.07) is 51.9. The maximum atomic E-state index is 2.47. The Hall–Kier alpha value is -5.40. The fourth-order valence-corrected chi connectivity index (χ4v) is 7.28. The first-order chi connectivity index (χ1) is 21.9. The Morgan fingerprint density at radius 2 is 0.844 bits per heavy atom. The molecule has 0 amide bonds. The van der Waals surface area contributed by atoms with Crippen LogP contribution in [0.15, 0.2) is 140 Å². The van der Waals surface area contributed by atoms with E-state index in [4.69, 9.17) is 0 Å². The minimum Gasteiger partial charge on any atom is -0.309 e. The highest BCUT2D eigenvalue weighted by molar-refractivity contribution is 6.12. The number of benzene rings is 7. The molecular formula is C44H35N. The SMILES string of the molecule is Cc1cc(C)cc(-c2ccc3c(c2)c2cc(-c4cc(C)cc(C)c4)ccc2n3-c2ccccc2-c2cccc3ccccc23)c1. The molecule has 0 aliphatic rings. The van der Waals surface area contributed by atoms with Gasteiger partial charge < -0.3 is 4.57 Å². The van der Waals surface area contributed by atoms with E-state index in [1.165, 1.54) is 93.9 Å². The van der Waals surface area contributed by atoms with Crippen LogP contribution in [-0.4, -0.2) is 4.57 Å². The van der Waals surface area contributed by atoms with E-state index in [1.807, 2.05) is 0 Å². The highest BCUT2D eigenvalue weighted by atomic mass is 15.0. The van der Waals surface area contributed by atoms with E-state index in [-0.39, 0.29) is 0 Å². The molecule has 1 heteroatoms. The summed E-state index contributed by atoms with van der Waals surface area (Å²) in [4.78, 5) is 0. The summed E-state index contributed by atoms with van der Waals surface area (Å²) in [5.41, 5.74) is 16.2. The minimum absolute atomic E-state index is 1.19. The third kappa shape index (κ3) is 4.73. The monoisotopic (exact) mass is 577 g/mol. The van der Waals surface area contributed by atoms with Gasteiger partial charge in [0.15, 0.2) is 0 Å². The van der Waals surface area contributed by atoms with Crippen LogP contribution >= 0.6 is 0 Å². The van der Waals surface area contributed by atoms with Crippen molar-refractivity contribution in [1.29, 1.82) is 0 Å². The summed E-state index contributed by atoms with van der Waals surface area (Å²) < 4.78 is 2.47. The number of aromatic nitrogens is 1. The fraction of sp³-hybridized carbons (Fsp3) is 0.0909. The van der Waals surface area contributed by atoms with Crippen LogP contribution in [0.25, 0.3) is 71.6 Å². The molecule has 216 valence electrons. The van der Waals surface area contributed by atoms with Crippen LogP contribution in [0.5, 0.6) is 0 Å². The number of nitrogens with zero attached hydrogens (tertiary/aromatic N) is 1. The van der Waals surface area contributed by atoms with Gasteiger partial charge in [-0.3, -0.25) is 0 Å². The van der Waals surface area contributed by atoms with Gasteiger partial charge in [-0.2, -0.15) is 0 Å². The van der Waals surface area contributed by atoms with Gasteiger partial charge in [0.05, 0.1) is 16.7 Å². The van der Waals surface area contributed by atoms with Crippen molar-refractivity contribution in [2.75, 3.05) is 0 Å². The lowest BCUT2D eigenvalue weighted by Crippen LogP contribution is -1.97. The highest BCUT2D eigenvalue weighted by Gasteiger charge is 2.18. The molecule has 0 bridgehead atoms. The molecule has 0 unspecified atom stereocenters. The smallest absolute Gasteiger partial charge is 0.0541 e. The first-order valence-electron chi connectivity index (χ1n) is 15.8. The maximum absolute atomic E-state index is 2.47. The molecule has 45 heavy (non-hydrogen) atoms. The first-order valence-corrected chi connectivity index (χ1v) is 15.8. The highest BCUT2D eigenvalue weighted by Crippen LogP contribution is 2.41. The van der Waals surface area contributed by atoms with Crippen molar-refractivity contribution >= 4 is 32.6 Å². The van der Waals surface area contributed by atoms with Crippen molar-refractivity contribution in [3.63, 3.8) is 0 Å². The van der Waals surface area contributed by atoms with Crippen LogP contribution in [0.2, 0.25) is 0 Å². The summed E-state index contributed by atoms with van der Waals surface area (Å²) in [7, 11) is 0. The minimum atomic E-state index is 1.19. The number of fused-ring (bicyclic) bond motifs is 4. The largest absolute Gasteiger partial charge is 0.309 e. The average molecular weight is 578 g/mol. The van der Waals surface area contributed by atoms with Gasteiger partial charge in [-0.05, 0) is 96.6 Å². The zero-order valence-corrected chi connectivity index (χ0v) is 26.2. The number of hydrogen-bond donors (Lipinski definition) is 0. The zero-order valence-electron chi connectivity index (χ0n) is 26.2. The molecule has 1 heterocycles. The molecule has 0 radical (unpaired) electrons. The molecule has 0 aliphatic carbocycles. The standard InChI is InChI=1S/C44H35N/c1-28-20-29(2)23-35(22-28)33-16-18-43-40(26-33)41-27-34(36-24-30(3)21-31(4)25-36)17-19-44(41)45(43)42-15-8-7-13-39(42)38-14-9-11-32-10-5-6-12-37(32)38/h5-27H,1-4H3. The van der Waals surface area contributed by atoms with Crippen LogP contribution in [0.3, 0.4) is 0 Å². The van der Waals surface area contributed by atoms with E-state index < -0.39 is 0 Å². The summed E-state index contributed by atoms with van der Waals surface area (Å²) in [6.45, 7) is 8.73. The van der Waals surface area contributed by atoms with Gasteiger partial charge in [-0.1, -0.05) is 131 Å². The normalized spacial score (nSPS) is 11.6. The molecule has 0 spiro atoms. The Labute approximate surface area is 265 Å². The Balaban J connectivity index is 1.43. The molecular weight excluding hydrogens is 542 g/mol. The van der Waals surface area contributed by atoms with E-state index in [1.54, 1.807) is 0 Å². The van der Waals surface area contributed by atoms with E-state index in [0.717, 1.165) is 0 Å². The van der Waals surface area contributed by atoms with Crippen molar-refractivity contribution in [2.24, 2.45) is 0 Å². The van der Waals surface area contributed by atoms with Gasteiger partial charge in [0, 0.05) is 16.3 Å². The Morgan fingerprint density at radius 1 is 0.356 bits per heavy atom. The van der Waals surface area contributed by atoms with Crippen molar-refractivity contribution in [1.82, 2.24) is 4.57 Å². The molecule has 0 aliphatic heterocycles. The number of rotatable bonds is 4. The lowest BCUT2D eigenvalue weighted by molar-refractivity contribution is 1.18. The summed E-state index contributed by atoms with van der Waals surface area (Å²) in [5, 5.41) is 5.05. The molecule has 0 fully saturated rings. The molecule has 8 aromatic rings. The summed E-state index contributed by atoms with van der Waals surface area (Å²) >= 11 is 0. The number of para-hydroxylation sites is 1. The van der Waals surface area contributed by atoms with Crippen LogP contribution in [0, 0.1) is 27.7 Å². The van der Waals surface area contributed by atoms with Gasteiger partial charge >= 0.3 is 0 Å². The fourth-order valence-electron chi connectivity index (χ4n) is 7.28. The third-order valence-corrected chi connectivity index (χ3v) is 9.10. The Kier molecular flexibility index (Phi) is 6.43. The second-order valence-electron chi connectivity index (χ2n) is 12.6. The predicted octanol–water partition coefficient (Wildman–Crippen LogP) is 12.2. The Morgan fingerprint density at radius 3 is 1.44 bits per heavy atom. The van der Waals surface area contributed by atoms with Gasteiger partial charge in [-0.15, -0.1) is 0 Å². The van der Waals surface area contributed by atoms with Crippen LogP contribution in [-0.2, 0) is 0 Å². The second kappa shape index (κ2) is 10.6. The molecule has 8 rings (SSSR count). The molecule has 7 aromatic carbocycles. The van der Waals surface area contributed by atoms with Gasteiger partial charge in [0.2, 0.25) is 0 Å². The van der Waals surface area contributed by atoms with Crippen LogP contribution in [0.4, 0.5) is 0 Å². The second-order valence-corrected chi connectivity index (χ2v) is 12.6. The van der Waals surface area contributed by atoms with Crippen LogP contribution in [0.1, 0.15) is 22.3 Å². The predicted molar refractivity (Wildman–Crippen MR) is 194 cm³/mol. The molecule has 1 aromatic heterocycles. The molecule has 0 N–H and O–H groups in total. The summed E-state index contributed by atoms with van der Waals surface area (Å²) in [5.74, 6) is 0. The van der Waals surface area contributed by atoms with Crippen LogP contribution < -0.4 is 0 Å². The molecule has 1 nitrogen and oxygen atoms in total. The topological polar surface area (TPSA) is 4.93 Å². The van der Waals surface area contributed by atoms with E-state index in [2.05, 4.69) is 172 Å². The van der Waals surface area contributed by atoms with E-state index in [9.17, 15) is 0 Å². The Bertz CT molecular complexity index is 2270. The van der Waals surface area contributed by atoms with E-state index in [0.29, 0.717) is 0 Å². The zero-order chi connectivity index (χ0) is 30.7. The lowest BCUT2D eigenvalue weighted by Gasteiger charge is -2.16. The molecule has 0 saturated heterocycles. The van der Waals surface area contributed by atoms with Gasteiger partial charge in [0.25, 0.3) is 0 Å². The van der Waals surface area contributed by atoms with Gasteiger partial charge in [-0.25, -0.2) is 0 Å². The lowest BCUT2D eigenvalue weighted by atomic mass is 9.97. The first kappa shape index (κ1) is 27.2. The summed E-state index contributed by atoms with van der Waals surface area (Å²) in [6.07, 6.45) is 0. The van der Waals surface area contributed by atoms with E-state index >= 15 is 0 Å². The van der Waals surface area contributed by atoms with Crippen molar-refractivity contribution < 1.29 is 0 Å². The van der Waals surface area contributed by atoms with Gasteiger partial charge in [0.1, 0.15) is 0 Å².